The third kappa shape index (κ3) is 5.20. The number of para-hydroxylation sites is 1. The highest BCUT2D eigenvalue weighted by atomic mass is 35.5. The highest BCUT2D eigenvalue weighted by Gasteiger charge is 2.34. The third-order valence-electron chi connectivity index (χ3n) is 4.72. The van der Waals surface area contributed by atoms with E-state index in [0.717, 1.165) is 6.07 Å². The molecule has 2 amide bonds. The summed E-state index contributed by atoms with van der Waals surface area (Å²) in [7, 11) is 0. The van der Waals surface area contributed by atoms with Crippen LogP contribution in [0, 0.1) is 5.92 Å². The van der Waals surface area contributed by atoms with Crippen molar-refractivity contribution in [3.63, 3.8) is 0 Å². The van der Waals surface area contributed by atoms with E-state index in [-0.39, 0.29) is 18.1 Å². The Labute approximate surface area is 170 Å². The zero-order valence-corrected chi connectivity index (χ0v) is 16.1. The molecule has 0 aliphatic carbocycles. The van der Waals surface area contributed by atoms with Crippen molar-refractivity contribution in [1.29, 1.82) is 0 Å². The average Bonchev–Trinajstić information content (AvgIpc) is 2.71. The van der Waals surface area contributed by atoms with Crippen molar-refractivity contribution in [3.8, 4) is 0 Å². The van der Waals surface area contributed by atoms with Gasteiger partial charge < -0.3 is 4.90 Å². The monoisotopic (exact) mass is 425 g/mol. The summed E-state index contributed by atoms with van der Waals surface area (Å²) in [6.45, 7) is 0.700. The average molecular weight is 426 g/mol. The number of halogens is 4. The molecule has 154 valence electrons. The quantitative estimate of drug-likeness (QED) is 0.716. The molecule has 1 saturated heterocycles. The lowest BCUT2D eigenvalue weighted by molar-refractivity contribution is -0.137. The van der Waals surface area contributed by atoms with Crippen molar-refractivity contribution in [2.75, 3.05) is 18.5 Å². The number of likely N-dealkylation sites (tertiary alicyclic amines) is 1. The van der Waals surface area contributed by atoms with Gasteiger partial charge in [0.1, 0.15) is 0 Å². The molecule has 1 atom stereocenters. The van der Waals surface area contributed by atoms with Gasteiger partial charge in [-0.25, -0.2) is 0 Å². The molecule has 3 rings (SSSR count). The number of carbonyl (C=O) groups excluding carboxylic acids is 2. The first-order valence-electron chi connectivity index (χ1n) is 9.02. The van der Waals surface area contributed by atoms with Gasteiger partial charge in [0, 0.05) is 23.7 Å². The molecule has 2 aromatic rings. The van der Waals surface area contributed by atoms with Gasteiger partial charge in [0.15, 0.2) is 0 Å². The van der Waals surface area contributed by atoms with Gasteiger partial charge in [-0.2, -0.15) is 13.2 Å². The van der Waals surface area contributed by atoms with Crippen LogP contribution >= 0.6 is 11.6 Å². The Balaban J connectivity index is 1.62. The Morgan fingerprint density at radius 3 is 2.45 bits per heavy atom. The smallest absolute Gasteiger partial charge is 0.338 e. The lowest BCUT2D eigenvalue weighted by atomic mass is 9.96. The molecule has 1 aliphatic rings. The predicted octanol–water partition coefficient (Wildman–Crippen LogP) is 4.35. The van der Waals surface area contributed by atoms with E-state index in [1.54, 1.807) is 29.2 Å². The normalized spacial score (nSPS) is 17.0. The number of rotatable bonds is 4. The molecule has 2 aromatic carbocycles. The number of alkyl halides is 3. The number of hydrogen-bond acceptors (Lipinski definition) is 3. The highest BCUT2D eigenvalue weighted by molar-refractivity contribution is 6.30. The van der Waals surface area contributed by atoms with Crippen LogP contribution in [0.5, 0.6) is 0 Å². The maximum absolute atomic E-state index is 13.0. The second-order valence-corrected chi connectivity index (χ2v) is 7.19. The molecule has 1 aliphatic heterocycles. The summed E-state index contributed by atoms with van der Waals surface area (Å²) >= 11 is 5.84. The summed E-state index contributed by atoms with van der Waals surface area (Å²) in [5, 5.41) is 0.516. The fourth-order valence-corrected chi connectivity index (χ4v) is 3.35. The van der Waals surface area contributed by atoms with Crippen LogP contribution in [0.4, 0.5) is 18.9 Å². The second kappa shape index (κ2) is 8.73. The molecule has 0 aromatic heterocycles. The number of nitrogens with zero attached hydrogens (tertiary/aromatic N) is 1. The minimum absolute atomic E-state index is 0.190. The summed E-state index contributed by atoms with van der Waals surface area (Å²) < 4.78 is 39.1. The second-order valence-electron chi connectivity index (χ2n) is 6.75. The van der Waals surface area contributed by atoms with Crippen molar-refractivity contribution < 1.29 is 22.8 Å². The van der Waals surface area contributed by atoms with Gasteiger partial charge in [-0.3, -0.25) is 20.4 Å². The maximum atomic E-state index is 13.0. The van der Waals surface area contributed by atoms with Crippen molar-refractivity contribution in [2.24, 2.45) is 5.92 Å². The van der Waals surface area contributed by atoms with Crippen LogP contribution in [0.25, 0.3) is 0 Å². The Morgan fingerprint density at radius 1 is 1.07 bits per heavy atom. The van der Waals surface area contributed by atoms with Crippen molar-refractivity contribution in [1.82, 2.24) is 10.3 Å². The lowest BCUT2D eigenvalue weighted by Gasteiger charge is -2.32. The number of benzene rings is 2. The van der Waals surface area contributed by atoms with Gasteiger partial charge in [0.25, 0.3) is 5.91 Å². The number of hydrazine groups is 1. The van der Waals surface area contributed by atoms with Gasteiger partial charge in [-0.05, 0) is 49.2 Å². The number of amides is 2. The SMILES string of the molecule is O=C(NNc1ccccc1C(F)(F)F)C1CCCN(C(=O)c2ccc(Cl)cc2)C1. The van der Waals surface area contributed by atoms with Crippen LogP contribution in [0.15, 0.2) is 48.5 Å². The molecule has 1 heterocycles. The molecular formula is C20H19ClF3N3O2. The van der Waals surface area contributed by atoms with Crippen LogP contribution in [-0.2, 0) is 11.0 Å². The van der Waals surface area contributed by atoms with Crippen LogP contribution in [0.3, 0.4) is 0 Å². The van der Waals surface area contributed by atoms with E-state index in [9.17, 15) is 22.8 Å². The predicted molar refractivity (Wildman–Crippen MR) is 103 cm³/mol. The largest absolute Gasteiger partial charge is 0.418 e. The van der Waals surface area contributed by atoms with Gasteiger partial charge in [-0.15, -0.1) is 0 Å². The minimum Gasteiger partial charge on any atom is -0.338 e. The van der Waals surface area contributed by atoms with E-state index < -0.39 is 23.6 Å². The van der Waals surface area contributed by atoms with Crippen molar-refractivity contribution in [3.05, 3.63) is 64.7 Å². The first-order chi connectivity index (χ1) is 13.8. The zero-order chi connectivity index (χ0) is 21.0. The Morgan fingerprint density at radius 2 is 1.76 bits per heavy atom. The molecule has 5 nitrogen and oxygen atoms in total. The van der Waals surface area contributed by atoms with Crippen LogP contribution < -0.4 is 10.9 Å². The third-order valence-corrected chi connectivity index (χ3v) is 4.98. The zero-order valence-electron chi connectivity index (χ0n) is 15.3. The Bertz CT molecular complexity index is 887. The van der Waals surface area contributed by atoms with E-state index in [1.165, 1.54) is 18.2 Å². The summed E-state index contributed by atoms with van der Waals surface area (Å²) in [4.78, 5) is 26.7. The topological polar surface area (TPSA) is 61.4 Å². The van der Waals surface area contributed by atoms with Gasteiger partial charge in [0.05, 0.1) is 17.2 Å². The van der Waals surface area contributed by atoms with Gasteiger partial charge in [0.2, 0.25) is 5.91 Å². The molecule has 29 heavy (non-hydrogen) atoms. The van der Waals surface area contributed by atoms with E-state index in [4.69, 9.17) is 11.6 Å². The van der Waals surface area contributed by atoms with Crippen molar-refractivity contribution in [2.45, 2.75) is 19.0 Å². The van der Waals surface area contributed by atoms with E-state index in [2.05, 4.69) is 10.9 Å². The summed E-state index contributed by atoms with van der Waals surface area (Å²) in [6.07, 6.45) is -3.38. The molecule has 0 spiro atoms. The summed E-state index contributed by atoms with van der Waals surface area (Å²) in [5.74, 6) is -1.20. The van der Waals surface area contributed by atoms with Crippen LogP contribution in [0.2, 0.25) is 5.02 Å². The first kappa shape index (κ1) is 21.0. The molecule has 1 unspecified atom stereocenters. The Hall–Kier alpha value is -2.74. The molecule has 2 N–H and O–H groups in total. The highest BCUT2D eigenvalue weighted by Crippen LogP contribution is 2.34. The van der Waals surface area contributed by atoms with E-state index in [1.807, 2.05) is 0 Å². The molecule has 0 radical (unpaired) electrons. The summed E-state index contributed by atoms with van der Waals surface area (Å²) in [5.41, 5.74) is 4.06. The number of carbonyl (C=O) groups is 2. The van der Waals surface area contributed by atoms with Crippen LogP contribution in [0.1, 0.15) is 28.8 Å². The van der Waals surface area contributed by atoms with E-state index in [0.29, 0.717) is 30.0 Å². The lowest BCUT2D eigenvalue weighted by Crippen LogP contribution is -2.46. The number of hydrogen-bond donors (Lipinski definition) is 2. The molecule has 0 bridgehead atoms. The fourth-order valence-electron chi connectivity index (χ4n) is 3.22. The standard InChI is InChI=1S/C20H19ClF3N3O2/c21-15-9-7-13(8-10-15)19(29)27-11-3-4-14(12-27)18(28)26-25-17-6-2-1-5-16(17)20(22,23)24/h1-2,5-10,14,25H,3-4,11-12H2,(H,26,28). The molecule has 9 heteroatoms. The summed E-state index contributed by atoms with van der Waals surface area (Å²) in [6, 6.07) is 11.3. The molecule has 0 saturated carbocycles. The first-order valence-corrected chi connectivity index (χ1v) is 9.40. The number of piperidine rings is 1. The number of nitrogens with one attached hydrogen (secondary N) is 2. The van der Waals surface area contributed by atoms with Gasteiger partial charge in [-0.1, -0.05) is 23.7 Å². The van der Waals surface area contributed by atoms with Gasteiger partial charge >= 0.3 is 6.18 Å². The molecule has 1 fully saturated rings. The minimum atomic E-state index is -4.54. The fraction of sp³-hybridized carbons (Fsp3) is 0.300. The maximum Gasteiger partial charge on any atom is 0.418 e. The molecular weight excluding hydrogens is 407 g/mol. The van der Waals surface area contributed by atoms with Crippen molar-refractivity contribution >= 4 is 29.1 Å². The van der Waals surface area contributed by atoms with E-state index >= 15 is 0 Å². The number of anilines is 1. The Kier molecular flexibility index (Phi) is 6.32. The van der Waals surface area contributed by atoms with Crippen LogP contribution in [-0.4, -0.2) is 29.8 Å².